The Balaban J connectivity index is 1.40. The Bertz CT molecular complexity index is 988. The highest BCUT2D eigenvalue weighted by molar-refractivity contribution is 6.30. The second-order valence-electron chi connectivity index (χ2n) is 7.67. The average molecular weight is 438 g/mol. The van der Waals surface area contributed by atoms with Gasteiger partial charge in [-0.2, -0.15) is 0 Å². The van der Waals surface area contributed by atoms with E-state index in [1.165, 1.54) is 12.1 Å². The van der Waals surface area contributed by atoms with E-state index in [2.05, 4.69) is 22.3 Å². The molecule has 160 valence electrons. The van der Waals surface area contributed by atoms with Gasteiger partial charge in [0.2, 0.25) is 0 Å². The van der Waals surface area contributed by atoms with Crippen LogP contribution in [0, 0.1) is 5.82 Å². The van der Waals surface area contributed by atoms with E-state index >= 15 is 0 Å². The topological polar surface area (TPSA) is 35.6 Å². The molecule has 0 aliphatic carbocycles. The summed E-state index contributed by atoms with van der Waals surface area (Å²) in [5, 5.41) is 3.67. The highest BCUT2D eigenvalue weighted by Gasteiger charge is 2.28. The van der Waals surface area contributed by atoms with Crippen LogP contribution < -0.4 is 5.32 Å². The number of urea groups is 1. The first kappa shape index (κ1) is 21.3. The highest BCUT2D eigenvalue weighted by atomic mass is 35.5. The van der Waals surface area contributed by atoms with Crippen molar-refractivity contribution in [2.24, 2.45) is 0 Å². The average Bonchev–Trinajstić information content (AvgIpc) is 2.81. The van der Waals surface area contributed by atoms with Crippen LogP contribution in [0.15, 0.2) is 78.9 Å². The van der Waals surface area contributed by atoms with Gasteiger partial charge in [-0.15, -0.1) is 0 Å². The zero-order valence-electron chi connectivity index (χ0n) is 17.2. The number of amides is 2. The SMILES string of the molecule is O=C(NCc1ccc(Cl)cc1)N1CCN([C@H](c2ccccc2)c2ccc(F)cc2)CC1. The third-order valence-corrected chi connectivity index (χ3v) is 5.88. The summed E-state index contributed by atoms with van der Waals surface area (Å²) in [6, 6.07) is 24.4. The van der Waals surface area contributed by atoms with Crippen molar-refractivity contribution >= 4 is 17.6 Å². The first-order valence-electron chi connectivity index (χ1n) is 10.4. The summed E-state index contributed by atoms with van der Waals surface area (Å²) in [7, 11) is 0. The molecule has 6 heteroatoms. The van der Waals surface area contributed by atoms with E-state index < -0.39 is 0 Å². The predicted molar refractivity (Wildman–Crippen MR) is 122 cm³/mol. The van der Waals surface area contributed by atoms with E-state index in [0.717, 1.165) is 29.8 Å². The lowest BCUT2D eigenvalue weighted by Crippen LogP contribution is -2.52. The van der Waals surface area contributed by atoms with Gasteiger partial charge in [0, 0.05) is 37.7 Å². The van der Waals surface area contributed by atoms with Crippen molar-refractivity contribution in [2.75, 3.05) is 26.2 Å². The zero-order valence-corrected chi connectivity index (χ0v) is 17.9. The maximum atomic E-state index is 13.5. The van der Waals surface area contributed by atoms with E-state index in [9.17, 15) is 9.18 Å². The standard InChI is InChI=1S/C25H25ClFN3O/c26-22-10-6-19(7-11-22)18-28-25(31)30-16-14-29(15-17-30)24(20-4-2-1-3-5-20)21-8-12-23(27)13-9-21/h1-13,24H,14-18H2,(H,28,31)/t24-/m1/s1. The van der Waals surface area contributed by atoms with E-state index in [-0.39, 0.29) is 17.9 Å². The van der Waals surface area contributed by atoms with Crippen LogP contribution in [0.2, 0.25) is 5.02 Å². The van der Waals surface area contributed by atoms with E-state index in [4.69, 9.17) is 11.6 Å². The van der Waals surface area contributed by atoms with E-state index in [1.807, 2.05) is 59.5 Å². The molecule has 4 nitrogen and oxygen atoms in total. The maximum Gasteiger partial charge on any atom is 0.317 e. The third-order valence-electron chi connectivity index (χ3n) is 5.62. The largest absolute Gasteiger partial charge is 0.334 e. The van der Waals surface area contributed by atoms with Crippen LogP contribution in [-0.2, 0) is 6.54 Å². The number of rotatable bonds is 5. The van der Waals surface area contributed by atoms with Crippen LogP contribution in [-0.4, -0.2) is 42.0 Å². The lowest BCUT2D eigenvalue weighted by molar-refractivity contribution is 0.120. The van der Waals surface area contributed by atoms with Crippen molar-refractivity contribution in [1.82, 2.24) is 15.1 Å². The minimum atomic E-state index is -0.238. The van der Waals surface area contributed by atoms with Crippen LogP contribution in [0.3, 0.4) is 0 Å². The molecule has 4 rings (SSSR count). The van der Waals surface area contributed by atoms with Crippen LogP contribution in [0.1, 0.15) is 22.7 Å². The minimum Gasteiger partial charge on any atom is -0.334 e. The second-order valence-corrected chi connectivity index (χ2v) is 8.11. The quantitative estimate of drug-likeness (QED) is 0.603. The Morgan fingerprint density at radius 3 is 2.13 bits per heavy atom. The summed E-state index contributed by atoms with van der Waals surface area (Å²) in [6.45, 7) is 3.23. The number of hydrogen-bond donors (Lipinski definition) is 1. The number of nitrogens with zero attached hydrogens (tertiary/aromatic N) is 2. The second kappa shape index (κ2) is 9.94. The Hall–Kier alpha value is -2.89. The first-order valence-corrected chi connectivity index (χ1v) is 10.8. The summed E-state index contributed by atoms with van der Waals surface area (Å²) in [6.07, 6.45) is 0. The molecule has 1 aliphatic rings. The number of halogens is 2. The maximum absolute atomic E-state index is 13.5. The molecular weight excluding hydrogens is 413 g/mol. The van der Waals surface area contributed by atoms with E-state index in [1.54, 1.807) is 0 Å². The van der Waals surface area contributed by atoms with Crippen molar-refractivity contribution in [1.29, 1.82) is 0 Å². The molecule has 0 spiro atoms. The van der Waals surface area contributed by atoms with Crippen molar-refractivity contribution < 1.29 is 9.18 Å². The van der Waals surface area contributed by atoms with Gasteiger partial charge in [-0.25, -0.2) is 9.18 Å². The fourth-order valence-corrected chi connectivity index (χ4v) is 4.10. The summed E-state index contributed by atoms with van der Waals surface area (Å²) in [5.74, 6) is -0.238. The van der Waals surface area contributed by atoms with Crippen molar-refractivity contribution in [3.05, 3.63) is 106 Å². The molecule has 1 heterocycles. The summed E-state index contributed by atoms with van der Waals surface area (Å²) < 4.78 is 13.5. The fourth-order valence-electron chi connectivity index (χ4n) is 3.97. The van der Waals surface area contributed by atoms with Crippen LogP contribution in [0.25, 0.3) is 0 Å². The molecule has 1 atom stereocenters. The number of hydrogen-bond acceptors (Lipinski definition) is 2. The number of carbonyl (C=O) groups excluding carboxylic acids is 1. The van der Waals surface area contributed by atoms with Crippen LogP contribution >= 0.6 is 11.6 Å². The number of carbonyl (C=O) groups is 1. The minimum absolute atomic E-state index is 0.0288. The number of nitrogens with one attached hydrogen (secondary N) is 1. The highest BCUT2D eigenvalue weighted by Crippen LogP contribution is 2.29. The van der Waals surface area contributed by atoms with Gasteiger partial charge in [-0.05, 0) is 41.0 Å². The number of piperazine rings is 1. The molecule has 1 fully saturated rings. The summed E-state index contributed by atoms with van der Waals surface area (Å²) in [5.41, 5.74) is 3.22. The molecule has 0 aromatic heterocycles. The molecule has 3 aromatic carbocycles. The molecule has 2 amide bonds. The van der Waals surface area contributed by atoms with Gasteiger partial charge in [-0.3, -0.25) is 4.90 Å². The summed E-state index contributed by atoms with van der Waals surface area (Å²) in [4.78, 5) is 16.8. The molecular formula is C25H25ClFN3O. The van der Waals surface area contributed by atoms with Crippen molar-refractivity contribution in [3.8, 4) is 0 Å². The Morgan fingerprint density at radius 1 is 0.871 bits per heavy atom. The monoisotopic (exact) mass is 437 g/mol. The van der Waals surface area contributed by atoms with Gasteiger partial charge in [0.25, 0.3) is 0 Å². The fraction of sp³-hybridized carbons (Fsp3) is 0.240. The Kier molecular flexibility index (Phi) is 6.85. The molecule has 0 unspecified atom stereocenters. The number of benzene rings is 3. The van der Waals surface area contributed by atoms with Crippen LogP contribution in [0.5, 0.6) is 0 Å². The van der Waals surface area contributed by atoms with E-state index in [0.29, 0.717) is 24.7 Å². The smallest absolute Gasteiger partial charge is 0.317 e. The van der Waals surface area contributed by atoms with Gasteiger partial charge >= 0.3 is 6.03 Å². The lowest BCUT2D eigenvalue weighted by atomic mass is 9.96. The van der Waals surface area contributed by atoms with Gasteiger partial charge < -0.3 is 10.2 Å². The zero-order chi connectivity index (χ0) is 21.6. The molecule has 1 saturated heterocycles. The van der Waals surface area contributed by atoms with Crippen molar-refractivity contribution in [2.45, 2.75) is 12.6 Å². The molecule has 3 aromatic rings. The Labute approximate surface area is 187 Å². The molecule has 1 N–H and O–H groups in total. The van der Waals surface area contributed by atoms with Gasteiger partial charge in [0.15, 0.2) is 0 Å². The molecule has 0 radical (unpaired) electrons. The molecule has 0 saturated carbocycles. The Morgan fingerprint density at radius 2 is 1.48 bits per heavy atom. The van der Waals surface area contributed by atoms with Gasteiger partial charge in [0.1, 0.15) is 5.82 Å². The predicted octanol–water partition coefficient (Wildman–Crippen LogP) is 5.10. The van der Waals surface area contributed by atoms with Crippen LogP contribution in [0.4, 0.5) is 9.18 Å². The lowest BCUT2D eigenvalue weighted by Gasteiger charge is -2.39. The van der Waals surface area contributed by atoms with Gasteiger partial charge in [0.05, 0.1) is 6.04 Å². The molecule has 0 bridgehead atoms. The molecule has 1 aliphatic heterocycles. The van der Waals surface area contributed by atoms with Gasteiger partial charge in [-0.1, -0.05) is 66.2 Å². The summed E-state index contributed by atoms with van der Waals surface area (Å²) >= 11 is 5.91. The van der Waals surface area contributed by atoms with Crippen molar-refractivity contribution in [3.63, 3.8) is 0 Å². The first-order chi connectivity index (χ1) is 15.1. The normalized spacial score (nSPS) is 15.5. The third kappa shape index (κ3) is 5.43. The molecule has 31 heavy (non-hydrogen) atoms.